The Bertz CT molecular complexity index is 613. The molecule has 1 rings (SSSR count). The first-order valence-electron chi connectivity index (χ1n) is 9.87. The molecule has 0 aliphatic rings. The molecule has 0 bridgehead atoms. The largest absolute Gasteiger partial charge is 0.493 e. The highest BCUT2D eigenvalue weighted by molar-refractivity contribution is 5.78. The van der Waals surface area contributed by atoms with Crippen molar-refractivity contribution in [1.29, 1.82) is 0 Å². The summed E-state index contributed by atoms with van der Waals surface area (Å²) < 4.78 is 11.8. The highest BCUT2D eigenvalue weighted by Crippen LogP contribution is 2.19. The summed E-state index contributed by atoms with van der Waals surface area (Å²) in [5, 5.41) is 11.8. The third kappa shape index (κ3) is 11.4. The summed E-state index contributed by atoms with van der Waals surface area (Å²) in [5.41, 5.74) is 0. The number of amides is 1. The fourth-order valence-electron chi connectivity index (χ4n) is 2.82. The van der Waals surface area contributed by atoms with Crippen LogP contribution in [-0.2, 0) is 9.59 Å². The highest BCUT2D eigenvalue weighted by Gasteiger charge is 2.23. The number of nitrogens with zero attached hydrogens (tertiary/aromatic N) is 1. The van der Waals surface area contributed by atoms with Gasteiger partial charge in [0.1, 0.15) is 11.5 Å². The molecule has 0 saturated carbocycles. The van der Waals surface area contributed by atoms with Crippen molar-refractivity contribution in [2.24, 2.45) is 0 Å². The van der Waals surface area contributed by atoms with Gasteiger partial charge in [-0.25, -0.2) is 0 Å². The van der Waals surface area contributed by atoms with E-state index in [1.54, 1.807) is 12.1 Å². The summed E-state index contributed by atoms with van der Waals surface area (Å²) in [6.07, 6.45) is 4.44. The number of quaternary nitrogens is 1. The summed E-state index contributed by atoms with van der Waals surface area (Å²) in [6.45, 7) is 3.17. The molecule has 1 amide bonds. The Morgan fingerprint density at radius 2 is 1.79 bits per heavy atom. The molecule has 2 N–H and O–H groups in total. The van der Waals surface area contributed by atoms with Gasteiger partial charge in [0.2, 0.25) is 0 Å². The summed E-state index contributed by atoms with van der Waals surface area (Å²) in [6, 6.07) is 6.74. The number of carboxylic acids is 1. The lowest BCUT2D eigenvalue weighted by molar-refractivity contribution is -0.871. The van der Waals surface area contributed by atoms with Gasteiger partial charge in [0, 0.05) is 6.07 Å². The van der Waals surface area contributed by atoms with Crippen LogP contribution in [0.3, 0.4) is 0 Å². The van der Waals surface area contributed by atoms with Gasteiger partial charge in [0.15, 0.2) is 6.61 Å². The van der Waals surface area contributed by atoms with Crippen LogP contribution < -0.4 is 14.8 Å². The van der Waals surface area contributed by atoms with Gasteiger partial charge >= 0.3 is 5.97 Å². The van der Waals surface area contributed by atoms with Crippen LogP contribution >= 0.6 is 0 Å². The van der Waals surface area contributed by atoms with Crippen LogP contribution in [0.15, 0.2) is 24.3 Å². The van der Waals surface area contributed by atoms with E-state index >= 15 is 0 Å². The zero-order valence-corrected chi connectivity index (χ0v) is 17.6. The predicted molar refractivity (Wildman–Crippen MR) is 109 cm³/mol. The number of likely N-dealkylation sites (N-methyl/N-ethyl adjacent to an activating group) is 1. The third-order valence-electron chi connectivity index (χ3n) is 4.00. The SMILES string of the molecule is CCCCCCOc1cccc(OCC(=O)NC(CC(=O)O)C[N+](C)(C)C)c1. The Hall–Kier alpha value is -2.28. The quantitative estimate of drug-likeness (QED) is 0.374. The van der Waals surface area contributed by atoms with Gasteiger partial charge in [-0.1, -0.05) is 32.3 Å². The van der Waals surface area contributed by atoms with Crippen LogP contribution in [0, 0.1) is 0 Å². The molecule has 1 unspecified atom stereocenters. The van der Waals surface area contributed by atoms with Gasteiger partial charge in [0.05, 0.1) is 46.8 Å². The summed E-state index contributed by atoms with van der Waals surface area (Å²) in [5.74, 6) is -0.0279. The number of aliphatic carboxylic acids is 1. The Kier molecular flexibility index (Phi) is 10.4. The van der Waals surface area contributed by atoms with Crippen molar-refractivity contribution in [2.75, 3.05) is 40.9 Å². The van der Waals surface area contributed by atoms with Crippen molar-refractivity contribution in [1.82, 2.24) is 5.32 Å². The number of rotatable bonds is 14. The molecule has 0 saturated heterocycles. The van der Waals surface area contributed by atoms with Crippen LogP contribution in [0.25, 0.3) is 0 Å². The molecule has 0 aliphatic carbocycles. The number of benzene rings is 1. The first-order valence-corrected chi connectivity index (χ1v) is 9.87. The van der Waals surface area contributed by atoms with Crippen LogP contribution in [0.5, 0.6) is 11.5 Å². The van der Waals surface area contributed by atoms with Crippen molar-refractivity contribution in [3.63, 3.8) is 0 Å². The molecule has 1 atom stereocenters. The van der Waals surface area contributed by atoms with Gasteiger partial charge in [-0.15, -0.1) is 0 Å². The number of unbranched alkanes of at least 4 members (excludes halogenated alkanes) is 3. The summed E-state index contributed by atoms with van der Waals surface area (Å²) in [7, 11) is 5.85. The molecule has 0 heterocycles. The summed E-state index contributed by atoms with van der Waals surface area (Å²) >= 11 is 0. The van der Waals surface area contributed by atoms with Crippen LogP contribution in [0.1, 0.15) is 39.0 Å². The first kappa shape index (κ1) is 23.8. The van der Waals surface area contributed by atoms with Gasteiger partial charge in [-0.2, -0.15) is 0 Å². The number of ether oxygens (including phenoxy) is 2. The molecule has 0 aromatic heterocycles. The molecule has 158 valence electrons. The van der Waals surface area contributed by atoms with E-state index in [2.05, 4.69) is 12.2 Å². The van der Waals surface area contributed by atoms with E-state index < -0.39 is 12.0 Å². The van der Waals surface area contributed by atoms with E-state index in [0.29, 0.717) is 29.1 Å². The zero-order valence-electron chi connectivity index (χ0n) is 17.6. The van der Waals surface area contributed by atoms with Crippen LogP contribution in [0.2, 0.25) is 0 Å². The normalized spacial score (nSPS) is 12.3. The number of carboxylic acid groups (broad SMARTS) is 1. The summed E-state index contributed by atoms with van der Waals surface area (Å²) in [4.78, 5) is 23.2. The molecule has 7 heteroatoms. The number of carbonyl (C=O) groups is 2. The topological polar surface area (TPSA) is 84.9 Å². The van der Waals surface area contributed by atoms with Gasteiger partial charge in [-0.05, 0) is 18.6 Å². The second-order valence-corrected chi connectivity index (χ2v) is 8.01. The lowest BCUT2D eigenvalue weighted by atomic mass is 10.2. The van der Waals surface area contributed by atoms with Crippen molar-refractivity contribution in [3.8, 4) is 11.5 Å². The minimum Gasteiger partial charge on any atom is -0.493 e. The molecule has 0 fully saturated rings. The van der Waals surface area contributed by atoms with E-state index in [9.17, 15) is 9.59 Å². The Balaban J connectivity index is 2.47. The maximum Gasteiger partial charge on any atom is 0.305 e. The molecular weight excluding hydrogens is 360 g/mol. The molecule has 0 spiro atoms. The molecule has 1 aromatic rings. The average Bonchev–Trinajstić information content (AvgIpc) is 2.58. The number of carbonyl (C=O) groups excluding carboxylic acids is 1. The van der Waals surface area contributed by atoms with Crippen molar-refractivity contribution >= 4 is 11.9 Å². The Morgan fingerprint density at radius 1 is 1.11 bits per heavy atom. The van der Waals surface area contributed by atoms with Crippen molar-refractivity contribution in [2.45, 2.75) is 45.1 Å². The average molecular weight is 396 g/mol. The molecule has 1 aromatic carbocycles. The molecule has 28 heavy (non-hydrogen) atoms. The minimum atomic E-state index is -0.941. The van der Waals surface area contributed by atoms with E-state index in [4.69, 9.17) is 14.6 Å². The molecular formula is C21H35N2O5+. The predicted octanol–water partition coefficient (Wildman–Crippen LogP) is 2.69. The Morgan fingerprint density at radius 3 is 2.39 bits per heavy atom. The fourth-order valence-corrected chi connectivity index (χ4v) is 2.82. The van der Waals surface area contributed by atoms with Crippen molar-refractivity contribution in [3.05, 3.63) is 24.3 Å². The van der Waals surface area contributed by atoms with Crippen molar-refractivity contribution < 1.29 is 28.7 Å². The molecule has 0 radical (unpaired) electrons. The van der Waals surface area contributed by atoms with E-state index in [1.807, 2.05) is 33.3 Å². The van der Waals surface area contributed by atoms with E-state index in [0.717, 1.165) is 12.8 Å². The van der Waals surface area contributed by atoms with Crippen LogP contribution in [-0.4, -0.2) is 68.4 Å². The minimum absolute atomic E-state index is 0.122. The smallest absolute Gasteiger partial charge is 0.305 e. The first-order chi connectivity index (χ1) is 13.2. The maximum absolute atomic E-state index is 12.2. The third-order valence-corrected chi connectivity index (χ3v) is 4.00. The second kappa shape index (κ2) is 12.2. The lowest BCUT2D eigenvalue weighted by Crippen LogP contribution is -2.50. The Labute approximate surface area is 168 Å². The number of hydrogen-bond donors (Lipinski definition) is 2. The van der Waals surface area contributed by atoms with Gasteiger partial charge < -0.3 is 24.4 Å². The van der Waals surface area contributed by atoms with E-state index in [1.165, 1.54) is 12.8 Å². The van der Waals surface area contributed by atoms with Gasteiger partial charge in [-0.3, -0.25) is 9.59 Å². The monoisotopic (exact) mass is 395 g/mol. The second-order valence-electron chi connectivity index (χ2n) is 8.01. The molecule has 0 aliphatic heterocycles. The number of hydrogen-bond acceptors (Lipinski definition) is 4. The lowest BCUT2D eigenvalue weighted by Gasteiger charge is -2.29. The number of nitrogens with one attached hydrogen (secondary N) is 1. The maximum atomic E-state index is 12.2. The van der Waals surface area contributed by atoms with Crippen LogP contribution in [0.4, 0.5) is 0 Å². The highest BCUT2D eigenvalue weighted by atomic mass is 16.5. The fraction of sp³-hybridized carbons (Fsp3) is 0.619. The zero-order chi connectivity index (χ0) is 21.0. The van der Waals surface area contributed by atoms with E-state index in [-0.39, 0.29) is 18.9 Å². The van der Waals surface area contributed by atoms with Gasteiger partial charge in [0.25, 0.3) is 5.91 Å². The standard InChI is InChI=1S/C21H34N2O5/c1-5-6-7-8-12-27-18-10-9-11-19(14-18)28-16-20(24)22-17(13-21(25)26)15-23(2,3)4/h9-11,14,17H,5-8,12-13,15-16H2,1-4H3,(H-,22,24,25,26)/p+1. The molecule has 7 nitrogen and oxygen atoms in total.